The Hall–Kier alpha value is -5.43. The van der Waals surface area contributed by atoms with Gasteiger partial charge in [-0.05, 0) is 54.6 Å². The zero-order chi connectivity index (χ0) is 35.6. The molecule has 260 valence electrons. The van der Waals surface area contributed by atoms with Crippen molar-refractivity contribution in [2.24, 2.45) is 4.99 Å². The molecule has 1 saturated heterocycles. The second-order valence-electron chi connectivity index (χ2n) is 13.2. The van der Waals surface area contributed by atoms with Crippen molar-refractivity contribution < 1.29 is 19.9 Å². The van der Waals surface area contributed by atoms with Gasteiger partial charge in [-0.3, -0.25) is 15.4 Å². The molecule has 3 heterocycles. The van der Waals surface area contributed by atoms with Crippen molar-refractivity contribution in [1.82, 2.24) is 14.4 Å². The molecule has 2 aliphatic heterocycles. The number of nitrogens with one attached hydrogen (secondary N) is 1. The molecule has 0 bridgehead atoms. The van der Waals surface area contributed by atoms with Crippen LogP contribution in [0.4, 0.5) is 5.82 Å². The molecule has 0 unspecified atom stereocenters. The van der Waals surface area contributed by atoms with Gasteiger partial charge in [0.2, 0.25) is 18.1 Å². The molecular weight excluding hydrogens is 635 g/mol. The zero-order valence-electron chi connectivity index (χ0n) is 29.3. The Morgan fingerprint density at radius 2 is 1.55 bits per heavy atom. The topological polar surface area (TPSA) is 112 Å². The second-order valence-corrected chi connectivity index (χ2v) is 13.2. The number of piperazine rings is 1. The minimum absolute atomic E-state index is 0.0262. The lowest BCUT2D eigenvalue weighted by Crippen LogP contribution is -2.56. The molecule has 3 aromatic carbocycles. The van der Waals surface area contributed by atoms with Gasteiger partial charge in [0.05, 0.1) is 18.7 Å². The Morgan fingerprint density at radius 3 is 2.27 bits per heavy atom. The minimum Gasteiger partial charge on any atom is -0.340 e. The Bertz CT molecular complexity index is 1980. The van der Waals surface area contributed by atoms with Crippen molar-refractivity contribution >= 4 is 36.5 Å². The number of unbranched alkanes of at least 4 members (excludes halogenated alkanes) is 3. The fraction of sp³-hybridized carbons (Fsp3) is 0.310. The summed E-state index contributed by atoms with van der Waals surface area (Å²) in [6.45, 7) is 8.91. The van der Waals surface area contributed by atoms with Crippen LogP contribution in [-0.4, -0.2) is 82.4 Å². The normalized spacial score (nSPS) is 14.3. The van der Waals surface area contributed by atoms with E-state index >= 15 is 0 Å². The number of hydrogen-bond donors (Lipinski definition) is 2. The Kier molecular flexibility index (Phi) is 11.8. The summed E-state index contributed by atoms with van der Waals surface area (Å²) < 4.78 is 3.74. The van der Waals surface area contributed by atoms with E-state index in [1.165, 1.54) is 4.58 Å². The summed E-state index contributed by atoms with van der Waals surface area (Å²) in [7, 11) is 0. The Morgan fingerprint density at radius 1 is 0.843 bits per heavy atom. The molecule has 4 N–H and O–H groups in total. The van der Waals surface area contributed by atoms with Crippen LogP contribution in [0.3, 0.4) is 0 Å². The maximum Gasteiger partial charge on any atom is 0.308 e. The molecule has 9 heteroatoms. The van der Waals surface area contributed by atoms with Crippen molar-refractivity contribution in [3.8, 4) is 34.2 Å². The van der Waals surface area contributed by atoms with E-state index in [1.807, 2.05) is 41.3 Å². The molecule has 0 saturated carbocycles. The number of amidine groups is 1. The van der Waals surface area contributed by atoms with Crippen LogP contribution in [0.2, 0.25) is 0 Å². The first-order valence-corrected chi connectivity index (χ1v) is 17.9. The highest BCUT2D eigenvalue weighted by Crippen LogP contribution is 2.44. The highest BCUT2D eigenvalue weighted by Gasteiger charge is 2.34. The number of aliphatic imine (C=N–C) groups is 1. The van der Waals surface area contributed by atoms with Crippen LogP contribution in [0.25, 0.3) is 22.4 Å². The van der Waals surface area contributed by atoms with Crippen molar-refractivity contribution in [2.75, 3.05) is 32.7 Å². The van der Waals surface area contributed by atoms with E-state index in [0.29, 0.717) is 25.2 Å². The lowest BCUT2D eigenvalue weighted by Gasteiger charge is -2.34. The van der Waals surface area contributed by atoms with E-state index < -0.39 is 0 Å². The van der Waals surface area contributed by atoms with Crippen LogP contribution in [0.5, 0.6) is 0 Å². The number of quaternary nitrogens is 1. The molecule has 0 aliphatic carbocycles. The molecular formula is C42H47N7O2+2. The summed E-state index contributed by atoms with van der Waals surface area (Å²) >= 11 is 0. The van der Waals surface area contributed by atoms with Crippen LogP contribution < -0.4 is 5.73 Å². The molecule has 0 spiro atoms. The van der Waals surface area contributed by atoms with Crippen molar-refractivity contribution in [2.45, 2.75) is 51.5 Å². The summed E-state index contributed by atoms with van der Waals surface area (Å²) in [6.07, 6.45) is 7.03. The van der Waals surface area contributed by atoms with Gasteiger partial charge in [0.25, 0.3) is 5.84 Å². The molecule has 6 rings (SSSR count). The van der Waals surface area contributed by atoms with Crippen LogP contribution in [0.1, 0.15) is 61.6 Å². The number of amides is 2. The number of carbonyl (C=O) groups is 2. The van der Waals surface area contributed by atoms with Gasteiger partial charge in [-0.1, -0.05) is 96.1 Å². The molecule has 2 aliphatic rings. The SMILES string of the molecule is C=[N+]1C=Nc2c(c(-c3ccccc3)c(-c3ccccc3)n2Cc2cccc(C#CCCCN3CCN(C(=O)CCCCCC([NH3+])=O)CC3)c2)C1=N. The predicted octanol–water partition coefficient (Wildman–Crippen LogP) is 5.58. The summed E-state index contributed by atoms with van der Waals surface area (Å²) in [5.74, 6) is 8.04. The Balaban J connectivity index is 1.09. The molecule has 51 heavy (non-hydrogen) atoms. The zero-order valence-corrected chi connectivity index (χ0v) is 29.3. The van der Waals surface area contributed by atoms with Gasteiger partial charge < -0.3 is 9.47 Å². The van der Waals surface area contributed by atoms with Gasteiger partial charge in [-0.15, -0.1) is 0 Å². The third kappa shape index (κ3) is 8.84. The molecule has 4 aromatic rings. The van der Waals surface area contributed by atoms with Crippen LogP contribution in [-0.2, 0) is 16.1 Å². The van der Waals surface area contributed by atoms with E-state index in [1.54, 1.807) is 6.34 Å². The van der Waals surface area contributed by atoms with E-state index in [-0.39, 0.29) is 11.8 Å². The largest absolute Gasteiger partial charge is 0.340 e. The first kappa shape index (κ1) is 35.4. The van der Waals surface area contributed by atoms with E-state index in [2.05, 4.69) is 82.3 Å². The predicted molar refractivity (Wildman–Crippen MR) is 203 cm³/mol. The number of nitrogens with zero attached hydrogens (tertiary/aromatic N) is 5. The van der Waals surface area contributed by atoms with Crippen LogP contribution in [0, 0.1) is 17.3 Å². The third-order valence-corrected chi connectivity index (χ3v) is 9.54. The molecule has 1 aromatic heterocycles. The van der Waals surface area contributed by atoms with Gasteiger partial charge in [0, 0.05) is 56.9 Å². The summed E-state index contributed by atoms with van der Waals surface area (Å²) in [5.41, 5.74) is 10.4. The smallest absolute Gasteiger partial charge is 0.308 e. The van der Waals surface area contributed by atoms with E-state index in [4.69, 9.17) is 10.4 Å². The van der Waals surface area contributed by atoms with Gasteiger partial charge >= 0.3 is 5.91 Å². The summed E-state index contributed by atoms with van der Waals surface area (Å²) in [6, 6.07) is 29.0. The number of fused-ring (bicyclic) bond motifs is 1. The highest BCUT2D eigenvalue weighted by molar-refractivity contribution is 6.10. The molecule has 0 atom stereocenters. The molecule has 1 fully saturated rings. The number of rotatable bonds is 13. The summed E-state index contributed by atoms with van der Waals surface area (Å²) in [4.78, 5) is 32.8. The highest BCUT2D eigenvalue weighted by atomic mass is 16.2. The van der Waals surface area contributed by atoms with Gasteiger partial charge in [0.15, 0.2) is 0 Å². The number of carbonyl (C=O) groups excluding carboxylic acids is 2. The maximum absolute atomic E-state index is 12.6. The van der Waals surface area contributed by atoms with Crippen LogP contribution in [0.15, 0.2) is 89.9 Å². The quantitative estimate of drug-likeness (QED) is 0.109. The fourth-order valence-corrected chi connectivity index (χ4v) is 6.87. The second kappa shape index (κ2) is 17.0. The fourth-order valence-electron chi connectivity index (χ4n) is 6.87. The van der Waals surface area contributed by atoms with E-state index in [0.717, 1.165) is 110 Å². The van der Waals surface area contributed by atoms with Crippen molar-refractivity contribution in [3.05, 3.63) is 102 Å². The maximum atomic E-state index is 12.6. The van der Waals surface area contributed by atoms with Crippen molar-refractivity contribution in [1.29, 1.82) is 5.41 Å². The minimum atomic E-state index is -0.0262. The average Bonchev–Trinajstić information content (AvgIpc) is 3.48. The Labute approximate surface area is 300 Å². The van der Waals surface area contributed by atoms with Crippen molar-refractivity contribution in [3.63, 3.8) is 0 Å². The van der Waals surface area contributed by atoms with Gasteiger partial charge in [-0.2, -0.15) is 5.41 Å². The first-order chi connectivity index (χ1) is 24.9. The first-order valence-electron chi connectivity index (χ1n) is 17.9. The third-order valence-electron chi connectivity index (χ3n) is 9.54. The lowest BCUT2D eigenvalue weighted by atomic mass is 9.96. The summed E-state index contributed by atoms with van der Waals surface area (Å²) in [5, 5.41) is 9.01. The standard InChI is InChI=1S/C42H45N7O2/c1-46-31-45-42-39(41(46)44)38(34-18-7-2-8-19-34)40(35-20-9-3-10-21-35)49(42)30-33-17-14-16-32(29-33)15-6-5-13-24-47-25-27-48(28-26-47)37(51)23-12-4-11-22-36(43)50/h2-3,7-10,14,16-21,29,31,44H,1,4-5,11-13,22-28,30H2,(H-,43,50)/p+2. The van der Waals surface area contributed by atoms with Gasteiger partial charge in [-0.25, -0.2) is 9.37 Å². The lowest BCUT2D eigenvalue weighted by molar-refractivity contribution is -0.305. The number of benzene rings is 3. The molecule has 9 nitrogen and oxygen atoms in total. The molecule has 0 radical (unpaired) electrons. The van der Waals surface area contributed by atoms with Gasteiger partial charge in [0.1, 0.15) is 5.56 Å². The number of hydrogen-bond acceptors (Lipinski definition) is 5. The number of aromatic nitrogens is 1. The van der Waals surface area contributed by atoms with Crippen LogP contribution >= 0.6 is 0 Å². The van der Waals surface area contributed by atoms with E-state index in [9.17, 15) is 9.59 Å². The monoisotopic (exact) mass is 681 g/mol. The average molecular weight is 682 g/mol. The molecule has 2 amide bonds.